The zero-order chi connectivity index (χ0) is 12.1. The van der Waals surface area contributed by atoms with Gasteiger partial charge in [0.05, 0.1) is 12.9 Å². The molecule has 3 nitrogen and oxygen atoms in total. The van der Waals surface area contributed by atoms with Crippen LogP contribution >= 0.6 is 12.2 Å². The number of ether oxygens (including phenoxy) is 1. The fourth-order valence-electron chi connectivity index (χ4n) is 1.50. The summed E-state index contributed by atoms with van der Waals surface area (Å²) in [7, 11) is 0. The molecule has 2 rings (SSSR count). The average molecular weight is 246 g/mol. The van der Waals surface area contributed by atoms with Crippen LogP contribution in [0.2, 0.25) is 0 Å². The molecule has 1 N–H and O–H groups in total. The Labute approximate surface area is 105 Å². The van der Waals surface area contributed by atoms with E-state index in [-0.39, 0.29) is 0 Å². The molecular weight excluding hydrogens is 232 g/mol. The Balaban J connectivity index is 2.24. The summed E-state index contributed by atoms with van der Waals surface area (Å²) >= 11 is 5.21. The smallest absolute Gasteiger partial charge is 0.119 e. The van der Waals surface area contributed by atoms with Crippen molar-refractivity contribution in [3.8, 4) is 16.9 Å². The van der Waals surface area contributed by atoms with Crippen molar-refractivity contribution < 1.29 is 4.74 Å². The maximum Gasteiger partial charge on any atom is 0.119 e. The van der Waals surface area contributed by atoms with Crippen molar-refractivity contribution >= 4 is 12.2 Å². The molecule has 1 aromatic heterocycles. The fourth-order valence-corrected chi connectivity index (χ4v) is 1.72. The highest BCUT2D eigenvalue weighted by Gasteiger charge is 2.00. The van der Waals surface area contributed by atoms with Crippen molar-refractivity contribution in [1.82, 2.24) is 9.97 Å². The summed E-state index contributed by atoms with van der Waals surface area (Å²) in [5, 5.41) is 0. The normalized spacial score (nSPS) is 10.2. The molecule has 0 saturated carbocycles. The summed E-state index contributed by atoms with van der Waals surface area (Å²) < 4.78 is 6.22. The van der Waals surface area contributed by atoms with E-state index in [1.807, 2.05) is 24.3 Å². The Morgan fingerprint density at radius 2 is 2.06 bits per heavy atom. The molecule has 0 fully saturated rings. The van der Waals surface area contributed by atoms with Gasteiger partial charge in [-0.05, 0) is 24.1 Å². The van der Waals surface area contributed by atoms with E-state index < -0.39 is 0 Å². The van der Waals surface area contributed by atoms with Gasteiger partial charge < -0.3 is 9.72 Å². The summed E-state index contributed by atoms with van der Waals surface area (Å²) in [6.07, 6.45) is 4.36. The van der Waals surface area contributed by atoms with Gasteiger partial charge in [0.15, 0.2) is 0 Å². The molecule has 0 aliphatic carbocycles. The second kappa shape index (κ2) is 5.59. The Bertz CT molecular complexity index is 534. The number of nitrogens with one attached hydrogen (secondary N) is 1. The number of hydrogen-bond acceptors (Lipinski definition) is 3. The largest absolute Gasteiger partial charge is 0.494 e. The molecule has 0 spiro atoms. The van der Waals surface area contributed by atoms with Crippen molar-refractivity contribution in [2.75, 3.05) is 6.61 Å². The number of rotatable bonds is 4. The standard InChI is InChI=1S/C13H14N2OS/c1-2-7-16-11-5-3-10(4-6-11)12-8-14-9-15-13(12)17/h3-6,8-9H,2,7H2,1H3,(H,14,15,17). The SMILES string of the molecule is CCCOc1ccc(-c2cnc[nH]c2=S)cc1. The zero-order valence-corrected chi connectivity index (χ0v) is 10.5. The highest BCUT2D eigenvalue weighted by Crippen LogP contribution is 2.22. The van der Waals surface area contributed by atoms with Crippen LogP contribution in [0.25, 0.3) is 11.1 Å². The van der Waals surface area contributed by atoms with Crippen LogP contribution < -0.4 is 4.74 Å². The highest BCUT2D eigenvalue weighted by molar-refractivity contribution is 7.71. The quantitative estimate of drug-likeness (QED) is 0.838. The molecule has 0 atom stereocenters. The number of hydrogen-bond donors (Lipinski definition) is 1. The van der Waals surface area contributed by atoms with Gasteiger partial charge in [0.1, 0.15) is 10.4 Å². The van der Waals surface area contributed by atoms with Crippen molar-refractivity contribution in [1.29, 1.82) is 0 Å². The number of nitrogens with zero attached hydrogens (tertiary/aromatic N) is 1. The topological polar surface area (TPSA) is 37.9 Å². The summed E-state index contributed by atoms with van der Waals surface area (Å²) in [5.74, 6) is 0.884. The van der Waals surface area contributed by atoms with Gasteiger partial charge in [-0.1, -0.05) is 31.3 Å². The van der Waals surface area contributed by atoms with Gasteiger partial charge in [0.2, 0.25) is 0 Å². The summed E-state index contributed by atoms with van der Waals surface area (Å²) in [5.41, 5.74) is 1.98. The maximum atomic E-state index is 5.53. The van der Waals surface area contributed by atoms with Crippen LogP contribution in [0.5, 0.6) is 5.75 Å². The third-order valence-corrected chi connectivity index (χ3v) is 2.69. The molecule has 2 aromatic rings. The number of H-pyrrole nitrogens is 1. The van der Waals surface area contributed by atoms with Crippen LogP contribution in [0.1, 0.15) is 13.3 Å². The third kappa shape index (κ3) is 2.91. The Kier molecular flexibility index (Phi) is 3.88. The maximum absolute atomic E-state index is 5.53. The second-order valence-corrected chi connectivity index (χ2v) is 4.08. The van der Waals surface area contributed by atoms with Crippen LogP contribution in [0.15, 0.2) is 36.8 Å². The number of aromatic amines is 1. The van der Waals surface area contributed by atoms with Crippen molar-refractivity contribution in [2.24, 2.45) is 0 Å². The van der Waals surface area contributed by atoms with E-state index in [0.29, 0.717) is 4.64 Å². The zero-order valence-electron chi connectivity index (χ0n) is 9.64. The van der Waals surface area contributed by atoms with Gasteiger partial charge in [-0.3, -0.25) is 0 Å². The van der Waals surface area contributed by atoms with E-state index >= 15 is 0 Å². The van der Waals surface area contributed by atoms with E-state index in [4.69, 9.17) is 17.0 Å². The fraction of sp³-hybridized carbons (Fsp3) is 0.231. The first-order valence-electron chi connectivity index (χ1n) is 5.57. The van der Waals surface area contributed by atoms with Crippen LogP contribution in [0.4, 0.5) is 0 Å². The molecule has 0 unspecified atom stereocenters. The monoisotopic (exact) mass is 246 g/mol. The minimum atomic E-state index is 0.697. The van der Waals surface area contributed by atoms with Crippen LogP contribution in [0, 0.1) is 4.64 Å². The minimum absolute atomic E-state index is 0.697. The molecular formula is C13H14N2OS. The Morgan fingerprint density at radius 1 is 1.29 bits per heavy atom. The summed E-state index contributed by atoms with van der Waals surface area (Å²) in [4.78, 5) is 6.96. The lowest BCUT2D eigenvalue weighted by Crippen LogP contribution is -1.94. The first-order chi connectivity index (χ1) is 8.31. The molecule has 4 heteroatoms. The Hall–Kier alpha value is -1.68. The first-order valence-corrected chi connectivity index (χ1v) is 5.98. The predicted molar refractivity (Wildman–Crippen MR) is 70.6 cm³/mol. The molecule has 1 heterocycles. The summed E-state index contributed by atoms with van der Waals surface area (Å²) in [6.45, 7) is 2.83. The van der Waals surface area contributed by atoms with Gasteiger partial charge in [-0.2, -0.15) is 0 Å². The van der Waals surface area contributed by atoms with Crippen LogP contribution in [0.3, 0.4) is 0 Å². The summed E-state index contributed by atoms with van der Waals surface area (Å²) in [6, 6.07) is 7.89. The lowest BCUT2D eigenvalue weighted by molar-refractivity contribution is 0.317. The van der Waals surface area contributed by atoms with Crippen LogP contribution in [-0.4, -0.2) is 16.6 Å². The van der Waals surface area contributed by atoms with Gasteiger partial charge in [0, 0.05) is 11.8 Å². The molecule has 0 radical (unpaired) electrons. The molecule has 17 heavy (non-hydrogen) atoms. The second-order valence-electron chi connectivity index (χ2n) is 3.67. The number of benzene rings is 1. The van der Waals surface area contributed by atoms with Crippen molar-refractivity contribution in [2.45, 2.75) is 13.3 Å². The highest BCUT2D eigenvalue weighted by atomic mass is 32.1. The molecule has 0 saturated heterocycles. The van der Waals surface area contributed by atoms with Gasteiger partial charge in [-0.15, -0.1) is 0 Å². The lowest BCUT2D eigenvalue weighted by Gasteiger charge is -2.05. The number of aromatic nitrogens is 2. The van der Waals surface area contributed by atoms with E-state index in [2.05, 4.69) is 16.9 Å². The van der Waals surface area contributed by atoms with Gasteiger partial charge in [0.25, 0.3) is 0 Å². The van der Waals surface area contributed by atoms with Gasteiger partial charge >= 0.3 is 0 Å². The third-order valence-electron chi connectivity index (χ3n) is 2.36. The molecule has 0 aliphatic heterocycles. The molecule has 1 aromatic carbocycles. The van der Waals surface area contributed by atoms with E-state index in [0.717, 1.165) is 29.9 Å². The predicted octanol–water partition coefficient (Wildman–Crippen LogP) is 3.59. The van der Waals surface area contributed by atoms with Gasteiger partial charge in [-0.25, -0.2) is 4.98 Å². The Morgan fingerprint density at radius 3 is 2.71 bits per heavy atom. The van der Waals surface area contributed by atoms with E-state index in [9.17, 15) is 0 Å². The van der Waals surface area contributed by atoms with Crippen molar-refractivity contribution in [3.63, 3.8) is 0 Å². The average Bonchev–Trinajstić information content (AvgIpc) is 2.38. The molecule has 0 bridgehead atoms. The molecule has 0 aliphatic rings. The first kappa shape index (κ1) is 11.8. The van der Waals surface area contributed by atoms with E-state index in [1.54, 1.807) is 12.5 Å². The van der Waals surface area contributed by atoms with Crippen LogP contribution in [-0.2, 0) is 0 Å². The molecule has 88 valence electrons. The minimum Gasteiger partial charge on any atom is -0.494 e. The molecule has 0 amide bonds. The van der Waals surface area contributed by atoms with E-state index in [1.165, 1.54) is 0 Å². The lowest BCUT2D eigenvalue weighted by atomic mass is 10.1. The van der Waals surface area contributed by atoms with Crippen molar-refractivity contribution in [3.05, 3.63) is 41.4 Å².